The van der Waals surface area contributed by atoms with Crippen molar-refractivity contribution in [2.75, 3.05) is 26.3 Å². The van der Waals surface area contributed by atoms with Crippen molar-refractivity contribution in [1.82, 2.24) is 10.2 Å². The van der Waals surface area contributed by atoms with Crippen LogP contribution in [0.1, 0.15) is 44.2 Å². The lowest BCUT2D eigenvalue weighted by Gasteiger charge is -2.39. The van der Waals surface area contributed by atoms with Crippen molar-refractivity contribution in [2.24, 2.45) is 22.1 Å². The third-order valence-corrected chi connectivity index (χ3v) is 8.33. The summed E-state index contributed by atoms with van der Waals surface area (Å²) in [6.45, 7) is 4.08. The Balaban J connectivity index is 1.42. The quantitative estimate of drug-likeness (QED) is 0.495. The summed E-state index contributed by atoms with van der Waals surface area (Å²) in [7, 11) is 0. The Labute approximate surface area is 226 Å². The van der Waals surface area contributed by atoms with Crippen LogP contribution < -0.4 is 11.1 Å². The van der Waals surface area contributed by atoms with Crippen molar-refractivity contribution in [3.8, 4) is 0 Å². The molecular formula is C30H33F3N4O2. The number of fused-ring (bicyclic) bond motifs is 1. The highest BCUT2D eigenvalue weighted by molar-refractivity contribution is 6.11. The Morgan fingerprint density at radius 1 is 1.18 bits per heavy atom. The summed E-state index contributed by atoms with van der Waals surface area (Å²) in [5.74, 6) is -2.04. The van der Waals surface area contributed by atoms with E-state index in [0.29, 0.717) is 50.4 Å². The molecule has 1 saturated carbocycles. The number of urea groups is 1. The van der Waals surface area contributed by atoms with Crippen LogP contribution in [0.3, 0.4) is 0 Å². The summed E-state index contributed by atoms with van der Waals surface area (Å²) in [5, 5.41) is 3.09. The van der Waals surface area contributed by atoms with Crippen LogP contribution in [-0.2, 0) is 4.74 Å². The van der Waals surface area contributed by atoms with Gasteiger partial charge in [0.2, 0.25) is 0 Å². The van der Waals surface area contributed by atoms with E-state index in [1.807, 2.05) is 0 Å². The highest BCUT2D eigenvalue weighted by atomic mass is 19.2. The first-order valence-electron chi connectivity index (χ1n) is 13.3. The van der Waals surface area contributed by atoms with Gasteiger partial charge in [0, 0.05) is 13.1 Å². The van der Waals surface area contributed by atoms with Gasteiger partial charge in [-0.05, 0) is 96.8 Å². The Kier molecular flexibility index (Phi) is 7.79. The SMILES string of the molecule is C[C@]12CC(=CN)C(=Nc3ccc(F)cc3)C=C1CC[C@@H]2CC(NC(=O)N1CCOCC1)c1ccc(F)c(F)c1. The molecule has 0 radical (unpaired) electrons. The maximum Gasteiger partial charge on any atom is 0.318 e. The van der Waals surface area contributed by atoms with E-state index in [1.165, 1.54) is 29.8 Å². The second-order valence-corrected chi connectivity index (χ2v) is 10.7. The van der Waals surface area contributed by atoms with E-state index in [-0.39, 0.29) is 23.2 Å². The molecule has 206 valence electrons. The topological polar surface area (TPSA) is 79.9 Å². The number of hydrogen-bond acceptors (Lipinski definition) is 4. The summed E-state index contributed by atoms with van der Waals surface area (Å²) in [6, 6.07) is 9.08. The molecule has 0 aromatic heterocycles. The lowest BCUT2D eigenvalue weighted by molar-refractivity contribution is 0.0520. The molecule has 2 amide bonds. The van der Waals surface area contributed by atoms with E-state index in [1.54, 1.807) is 23.2 Å². The first kappa shape index (κ1) is 27.0. The molecule has 6 nitrogen and oxygen atoms in total. The molecule has 1 aliphatic heterocycles. The van der Waals surface area contributed by atoms with Crippen molar-refractivity contribution < 1.29 is 22.7 Å². The largest absolute Gasteiger partial charge is 0.404 e. The van der Waals surface area contributed by atoms with Gasteiger partial charge >= 0.3 is 6.03 Å². The van der Waals surface area contributed by atoms with Gasteiger partial charge < -0.3 is 20.7 Å². The van der Waals surface area contributed by atoms with Gasteiger partial charge in [-0.1, -0.05) is 18.6 Å². The third kappa shape index (κ3) is 5.73. The number of nitrogens with two attached hydrogens (primary N) is 1. The molecule has 9 heteroatoms. The maximum absolute atomic E-state index is 14.3. The second kappa shape index (κ2) is 11.3. The standard InChI is InChI=1S/C30H33F3N4O2/c1-30-17-20(18-34)28(35-24-7-5-23(31)6-8-24)16-22(30)4-3-21(30)15-27(19-2-9-25(32)26(33)14-19)36-29(38)37-10-12-39-13-11-37/h2,5-9,14,16,18,21,27H,3-4,10-13,15,17,34H2,1H3,(H,36,38)/t21-,27?,30-/m1/s1. The summed E-state index contributed by atoms with van der Waals surface area (Å²) < 4.78 is 46.7. The number of allylic oxidation sites excluding steroid dienone is 3. The maximum atomic E-state index is 14.3. The van der Waals surface area contributed by atoms with Crippen molar-refractivity contribution in [3.63, 3.8) is 0 Å². The number of benzene rings is 2. The predicted molar refractivity (Wildman–Crippen MR) is 144 cm³/mol. The Hall–Kier alpha value is -3.59. The molecule has 2 fully saturated rings. The van der Waals surface area contributed by atoms with Gasteiger partial charge in [0.25, 0.3) is 0 Å². The average Bonchev–Trinajstić information content (AvgIpc) is 3.25. The molecule has 3 N–H and O–H groups in total. The van der Waals surface area contributed by atoms with Gasteiger partial charge in [0.05, 0.1) is 30.7 Å². The molecule has 1 unspecified atom stereocenters. The summed E-state index contributed by atoms with van der Waals surface area (Å²) in [4.78, 5) is 19.5. The fourth-order valence-corrected chi connectivity index (χ4v) is 6.01. The summed E-state index contributed by atoms with van der Waals surface area (Å²) >= 11 is 0. The van der Waals surface area contributed by atoms with Gasteiger partial charge in [0.1, 0.15) is 5.82 Å². The highest BCUT2D eigenvalue weighted by Gasteiger charge is 2.46. The molecule has 39 heavy (non-hydrogen) atoms. The van der Waals surface area contributed by atoms with E-state index in [9.17, 15) is 18.0 Å². The molecule has 1 saturated heterocycles. The second-order valence-electron chi connectivity index (χ2n) is 10.7. The molecule has 3 atom stereocenters. The fourth-order valence-electron chi connectivity index (χ4n) is 6.01. The van der Waals surface area contributed by atoms with Crippen LogP contribution in [0.2, 0.25) is 0 Å². The molecule has 5 rings (SSSR count). The number of rotatable bonds is 5. The van der Waals surface area contributed by atoms with Crippen LogP contribution in [0.4, 0.5) is 23.7 Å². The smallest absolute Gasteiger partial charge is 0.318 e. The molecule has 3 aliphatic rings. The molecular weight excluding hydrogens is 505 g/mol. The van der Waals surface area contributed by atoms with Gasteiger partial charge in [-0.2, -0.15) is 0 Å². The summed E-state index contributed by atoms with van der Waals surface area (Å²) in [5.41, 5.74) is 9.86. The zero-order valence-corrected chi connectivity index (χ0v) is 21.9. The number of nitrogens with one attached hydrogen (secondary N) is 1. The van der Waals surface area contributed by atoms with E-state index in [0.717, 1.165) is 30.2 Å². The van der Waals surface area contributed by atoms with Crippen molar-refractivity contribution in [3.05, 3.63) is 88.9 Å². The number of halogens is 3. The van der Waals surface area contributed by atoms with Crippen LogP contribution in [-0.4, -0.2) is 42.9 Å². The number of hydrogen-bond donors (Lipinski definition) is 2. The number of morpholine rings is 1. The minimum atomic E-state index is -0.941. The minimum Gasteiger partial charge on any atom is -0.404 e. The first-order chi connectivity index (χ1) is 18.8. The van der Waals surface area contributed by atoms with Gasteiger partial charge in [0.15, 0.2) is 11.6 Å². The Morgan fingerprint density at radius 2 is 1.92 bits per heavy atom. The number of nitrogens with zero attached hydrogens (tertiary/aromatic N) is 2. The van der Waals surface area contributed by atoms with E-state index < -0.39 is 17.7 Å². The molecule has 1 heterocycles. The average molecular weight is 539 g/mol. The van der Waals surface area contributed by atoms with Crippen molar-refractivity contribution >= 4 is 17.4 Å². The first-order valence-corrected chi connectivity index (χ1v) is 13.3. The molecule has 2 aromatic carbocycles. The van der Waals surface area contributed by atoms with Crippen LogP contribution in [0, 0.1) is 28.8 Å². The molecule has 2 aromatic rings. The minimum absolute atomic E-state index is 0.147. The normalized spacial score (nSPS) is 25.9. The van der Waals surface area contributed by atoms with Gasteiger partial charge in [-0.15, -0.1) is 0 Å². The number of aliphatic imine (C=N–C) groups is 1. The number of ether oxygens (including phenoxy) is 1. The highest BCUT2D eigenvalue weighted by Crippen LogP contribution is 2.56. The van der Waals surface area contributed by atoms with Crippen LogP contribution in [0.15, 0.2) is 70.9 Å². The zero-order valence-electron chi connectivity index (χ0n) is 21.9. The van der Waals surface area contributed by atoms with Crippen LogP contribution >= 0.6 is 0 Å². The zero-order chi connectivity index (χ0) is 27.6. The molecule has 2 aliphatic carbocycles. The van der Waals surface area contributed by atoms with Crippen LogP contribution in [0.5, 0.6) is 0 Å². The predicted octanol–water partition coefficient (Wildman–Crippen LogP) is 5.94. The monoisotopic (exact) mass is 538 g/mol. The third-order valence-electron chi connectivity index (χ3n) is 8.33. The lowest BCUT2D eigenvalue weighted by atomic mass is 9.67. The lowest BCUT2D eigenvalue weighted by Crippen LogP contribution is -2.47. The molecule has 0 bridgehead atoms. The molecule has 0 spiro atoms. The van der Waals surface area contributed by atoms with Gasteiger partial charge in [-0.3, -0.25) is 0 Å². The van der Waals surface area contributed by atoms with Crippen LogP contribution in [0.25, 0.3) is 0 Å². The number of carbonyl (C=O) groups is 1. The Bertz CT molecular complexity index is 1320. The van der Waals surface area contributed by atoms with Crippen molar-refractivity contribution in [1.29, 1.82) is 0 Å². The van der Waals surface area contributed by atoms with Crippen molar-refractivity contribution in [2.45, 2.75) is 38.6 Å². The van der Waals surface area contributed by atoms with E-state index in [4.69, 9.17) is 15.5 Å². The van der Waals surface area contributed by atoms with E-state index >= 15 is 0 Å². The van der Waals surface area contributed by atoms with Gasteiger partial charge in [-0.25, -0.2) is 23.0 Å². The van der Waals surface area contributed by atoms with E-state index in [2.05, 4.69) is 18.3 Å². The Morgan fingerprint density at radius 3 is 2.62 bits per heavy atom. The fraction of sp³-hybridized carbons (Fsp3) is 0.400. The number of amides is 2. The summed E-state index contributed by atoms with van der Waals surface area (Å²) in [6.07, 6.45) is 6.58. The number of carbonyl (C=O) groups excluding carboxylic acids is 1.